The number of hydrogen-bond donors (Lipinski definition) is 2. The van der Waals surface area contributed by atoms with Crippen LogP contribution in [0.4, 0.5) is 4.79 Å². The lowest BCUT2D eigenvalue weighted by Crippen LogP contribution is -2.46. The Morgan fingerprint density at radius 3 is 2.44 bits per heavy atom. The highest BCUT2D eigenvalue weighted by atomic mass is 16.5. The van der Waals surface area contributed by atoms with Crippen LogP contribution in [0, 0.1) is 0 Å². The van der Waals surface area contributed by atoms with Gasteiger partial charge in [0.05, 0.1) is 19.3 Å². The molecule has 5 heteroatoms. The largest absolute Gasteiger partial charge is 0.497 e. The van der Waals surface area contributed by atoms with Crippen LogP contribution in [0.3, 0.4) is 0 Å². The fraction of sp³-hybridized carbons (Fsp3) is 0.350. The molecule has 2 aromatic rings. The number of ether oxygens (including phenoxy) is 1. The topological polar surface area (TPSA) is 61.8 Å². The van der Waals surface area contributed by atoms with Crippen molar-refractivity contribution in [1.82, 2.24) is 10.2 Å². The van der Waals surface area contributed by atoms with Crippen LogP contribution < -0.4 is 10.1 Å². The van der Waals surface area contributed by atoms with Crippen molar-refractivity contribution >= 4 is 6.03 Å². The number of methoxy groups -OCH3 is 1. The second-order valence-electron chi connectivity index (χ2n) is 6.66. The normalized spacial score (nSPS) is 11.0. The van der Waals surface area contributed by atoms with Crippen LogP contribution >= 0.6 is 0 Å². The zero-order chi connectivity index (χ0) is 18.3. The van der Waals surface area contributed by atoms with E-state index in [0.29, 0.717) is 13.1 Å². The maximum atomic E-state index is 12.6. The van der Waals surface area contributed by atoms with Gasteiger partial charge >= 0.3 is 6.03 Å². The number of carbonyl (C=O) groups is 1. The minimum absolute atomic E-state index is 0.214. The Morgan fingerprint density at radius 2 is 1.80 bits per heavy atom. The predicted octanol–water partition coefficient (Wildman–Crippen LogP) is 3.18. The molecule has 0 bridgehead atoms. The standard InChI is InChI=1S/C20H26N2O3/c1-20(2,24)15-22(14-16-8-5-4-6-9-16)19(23)21-13-17-10-7-11-18(12-17)25-3/h4-12,24H,13-15H2,1-3H3,(H,21,23). The van der Waals surface area contributed by atoms with Crippen molar-refractivity contribution in [3.63, 3.8) is 0 Å². The van der Waals surface area contributed by atoms with Gasteiger partial charge in [0.2, 0.25) is 0 Å². The van der Waals surface area contributed by atoms with Gasteiger partial charge in [-0.25, -0.2) is 4.79 Å². The van der Waals surface area contributed by atoms with Crippen molar-refractivity contribution < 1.29 is 14.6 Å². The summed E-state index contributed by atoms with van der Waals surface area (Å²) in [6, 6.07) is 17.1. The molecule has 0 atom stereocenters. The summed E-state index contributed by atoms with van der Waals surface area (Å²) in [4.78, 5) is 14.2. The van der Waals surface area contributed by atoms with Gasteiger partial charge < -0.3 is 20.1 Å². The van der Waals surface area contributed by atoms with E-state index in [0.717, 1.165) is 16.9 Å². The minimum Gasteiger partial charge on any atom is -0.497 e. The summed E-state index contributed by atoms with van der Waals surface area (Å²) in [5.74, 6) is 0.754. The summed E-state index contributed by atoms with van der Waals surface area (Å²) in [5, 5.41) is 13.0. The molecule has 0 heterocycles. The molecule has 2 rings (SSSR count). The van der Waals surface area contributed by atoms with Crippen LogP contribution in [0.25, 0.3) is 0 Å². The number of nitrogens with one attached hydrogen (secondary N) is 1. The number of carbonyl (C=O) groups excluding carboxylic acids is 1. The van der Waals surface area contributed by atoms with Gasteiger partial charge in [-0.05, 0) is 37.1 Å². The molecule has 2 amide bonds. The molecule has 0 fully saturated rings. The molecule has 2 aromatic carbocycles. The predicted molar refractivity (Wildman–Crippen MR) is 98.4 cm³/mol. The van der Waals surface area contributed by atoms with E-state index in [1.54, 1.807) is 25.9 Å². The summed E-state index contributed by atoms with van der Waals surface area (Å²) < 4.78 is 5.20. The third-order valence-electron chi connectivity index (χ3n) is 3.66. The highest BCUT2D eigenvalue weighted by Crippen LogP contribution is 2.13. The SMILES string of the molecule is COc1cccc(CNC(=O)N(Cc2ccccc2)CC(C)(C)O)c1. The number of aliphatic hydroxyl groups is 1. The molecule has 0 aromatic heterocycles. The van der Waals surface area contributed by atoms with E-state index in [-0.39, 0.29) is 12.6 Å². The summed E-state index contributed by atoms with van der Waals surface area (Å²) in [5.41, 5.74) is 1.00. The molecule has 0 aliphatic rings. The highest BCUT2D eigenvalue weighted by Gasteiger charge is 2.22. The van der Waals surface area contributed by atoms with Crippen LogP contribution in [0.5, 0.6) is 5.75 Å². The van der Waals surface area contributed by atoms with Gasteiger partial charge in [-0.3, -0.25) is 0 Å². The van der Waals surface area contributed by atoms with E-state index in [1.807, 2.05) is 54.6 Å². The van der Waals surface area contributed by atoms with Gasteiger partial charge in [-0.2, -0.15) is 0 Å². The summed E-state index contributed by atoms with van der Waals surface area (Å²) in [6.45, 7) is 4.47. The fourth-order valence-corrected chi connectivity index (χ4v) is 2.54. The first-order chi connectivity index (χ1) is 11.9. The first kappa shape index (κ1) is 18.8. The van der Waals surface area contributed by atoms with Gasteiger partial charge in [-0.1, -0.05) is 42.5 Å². The van der Waals surface area contributed by atoms with Gasteiger partial charge in [0.25, 0.3) is 0 Å². The van der Waals surface area contributed by atoms with E-state index < -0.39 is 5.60 Å². The average molecular weight is 342 g/mol. The molecular formula is C20H26N2O3. The molecule has 0 unspecified atom stereocenters. The second-order valence-corrected chi connectivity index (χ2v) is 6.66. The Bertz CT molecular complexity index is 681. The van der Waals surface area contributed by atoms with Crippen LogP contribution in [0.1, 0.15) is 25.0 Å². The molecule has 134 valence electrons. The Balaban J connectivity index is 2.03. The molecule has 2 N–H and O–H groups in total. The Morgan fingerprint density at radius 1 is 1.12 bits per heavy atom. The number of nitrogens with zero attached hydrogens (tertiary/aromatic N) is 1. The van der Waals surface area contributed by atoms with Crippen molar-refractivity contribution in [2.75, 3.05) is 13.7 Å². The second kappa shape index (κ2) is 8.53. The lowest BCUT2D eigenvalue weighted by molar-refractivity contribution is 0.0446. The number of benzene rings is 2. The number of amides is 2. The maximum Gasteiger partial charge on any atom is 0.318 e. The number of rotatable bonds is 7. The Kier molecular flexibility index (Phi) is 6.42. The fourth-order valence-electron chi connectivity index (χ4n) is 2.54. The van der Waals surface area contributed by atoms with E-state index in [1.165, 1.54) is 0 Å². The first-order valence-electron chi connectivity index (χ1n) is 8.29. The molecule has 25 heavy (non-hydrogen) atoms. The molecule has 5 nitrogen and oxygen atoms in total. The minimum atomic E-state index is -0.970. The smallest absolute Gasteiger partial charge is 0.318 e. The summed E-state index contributed by atoms with van der Waals surface area (Å²) >= 11 is 0. The van der Waals surface area contributed by atoms with Crippen LogP contribution in [-0.2, 0) is 13.1 Å². The molecule has 0 aliphatic carbocycles. The molecule has 0 saturated heterocycles. The lowest BCUT2D eigenvalue weighted by atomic mass is 10.1. The van der Waals surface area contributed by atoms with Crippen LogP contribution in [0.2, 0.25) is 0 Å². The highest BCUT2D eigenvalue weighted by molar-refractivity contribution is 5.74. The van der Waals surface area contributed by atoms with E-state index in [2.05, 4.69) is 5.32 Å². The Labute approximate surface area is 149 Å². The lowest BCUT2D eigenvalue weighted by Gasteiger charge is -2.29. The van der Waals surface area contributed by atoms with Gasteiger partial charge in [0, 0.05) is 13.1 Å². The van der Waals surface area contributed by atoms with Crippen molar-refractivity contribution in [2.24, 2.45) is 0 Å². The van der Waals surface area contributed by atoms with E-state index >= 15 is 0 Å². The molecular weight excluding hydrogens is 316 g/mol. The Hall–Kier alpha value is -2.53. The average Bonchev–Trinajstić information content (AvgIpc) is 2.59. The van der Waals surface area contributed by atoms with Crippen molar-refractivity contribution in [1.29, 1.82) is 0 Å². The van der Waals surface area contributed by atoms with Crippen LogP contribution in [0.15, 0.2) is 54.6 Å². The monoisotopic (exact) mass is 342 g/mol. The number of urea groups is 1. The van der Waals surface area contributed by atoms with E-state index in [4.69, 9.17) is 4.74 Å². The van der Waals surface area contributed by atoms with Gasteiger partial charge in [0.1, 0.15) is 5.75 Å². The first-order valence-corrected chi connectivity index (χ1v) is 8.29. The number of hydrogen-bond acceptors (Lipinski definition) is 3. The maximum absolute atomic E-state index is 12.6. The van der Waals surface area contributed by atoms with Crippen LogP contribution in [-0.4, -0.2) is 35.3 Å². The van der Waals surface area contributed by atoms with Gasteiger partial charge in [0.15, 0.2) is 0 Å². The summed E-state index contributed by atoms with van der Waals surface area (Å²) in [7, 11) is 1.61. The summed E-state index contributed by atoms with van der Waals surface area (Å²) in [6.07, 6.45) is 0. The molecule has 0 radical (unpaired) electrons. The van der Waals surface area contributed by atoms with Crippen molar-refractivity contribution in [3.05, 3.63) is 65.7 Å². The van der Waals surface area contributed by atoms with Crippen molar-refractivity contribution in [3.8, 4) is 5.75 Å². The van der Waals surface area contributed by atoms with Crippen molar-refractivity contribution in [2.45, 2.75) is 32.5 Å². The van der Waals surface area contributed by atoms with E-state index in [9.17, 15) is 9.90 Å². The molecule has 0 spiro atoms. The molecule has 0 saturated carbocycles. The third-order valence-corrected chi connectivity index (χ3v) is 3.66. The van der Waals surface area contributed by atoms with Gasteiger partial charge in [-0.15, -0.1) is 0 Å². The third kappa shape index (κ3) is 6.47. The zero-order valence-electron chi connectivity index (χ0n) is 15.0. The zero-order valence-corrected chi connectivity index (χ0v) is 15.0. The quantitative estimate of drug-likeness (QED) is 0.812. The molecule has 0 aliphatic heterocycles.